The number of benzene rings is 2. The van der Waals surface area contributed by atoms with Gasteiger partial charge in [0, 0.05) is 12.8 Å². The highest BCUT2D eigenvalue weighted by atomic mass is 16.5. The van der Waals surface area contributed by atoms with Crippen LogP contribution in [0.4, 0.5) is 5.69 Å². The van der Waals surface area contributed by atoms with Crippen molar-refractivity contribution in [2.75, 3.05) is 4.90 Å². The number of nitrogens with zero attached hydrogens (tertiary/aromatic N) is 1. The Bertz CT molecular complexity index is 1380. The van der Waals surface area contributed by atoms with Crippen molar-refractivity contribution in [2.45, 2.75) is 140 Å². The topological polar surface area (TPSA) is 63.7 Å². The Balaban J connectivity index is 2.32. The largest absolute Gasteiger partial charge is 0.427 e. The molecule has 2 aromatic rings. The molecule has 3 rings (SSSR count). The first kappa shape index (κ1) is 39.5. The fraction of sp³-hybridized carbons (Fsp3) is 0.651. The van der Waals surface area contributed by atoms with Crippen LogP contribution in [0, 0.1) is 40.4 Å². The highest BCUT2D eigenvalue weighted by Gasteiger charge is 2.55. The van der Waals surface area contributed by atoms with Crippen LogP contribution in [0.15, 0.2) is 42.5 Å². The molecule has 0 aliphatic carbocycles. The van der Waals surface area contributed by atoms with Gasteiger partial charge in [-0.25, -0.2) is 0 Å². The van der Waals surface area contributed by atoms with Crippen molar-refractivity contribution in [3.05, 3.63) is 59.2 Å². The predicted octanol–water partition coefficient (Wildman–Crippen LogP) is 11.3. The molecular weight excluding hydrogens is 594 g/mol. The van der Waals surface area contributed by atoms with Crippen molar-refractivity contribution in [1.29, 1.82) is 0 Å². The van der Waals surface area contributed by atoms with Crippen LogP contribution in [0.3, 0.4) is 0 Å². The summed E-state index contributed by atoms with van der Waals surface area (Å²) in [5, 5.41) is 0. The first-order valence-corrected chi connectivity index (χ1v) is 18.6. The van der Waals surface area contributed by atoms with Crippen molar-refractivity contribution in [3.8, 4) is 5.75 Å². The van der Waals surface area contributed by atoms with Gasteiger partial charge in [-0.05, 0) is 100 Å². The van der Waals surface area contributed by atoms with E-state index < -0.39 is 5.41 Å². The Morgan fingerprint density at radius 1 is 1.02 bits per heavy atom. The van der Waals surface area contributed by atoms with E-state index in [9.17, 15) is 9.59 Å². The molecule has 0 N–H and O–H groups in total. The monoisotopic (exact) mass is 659 g/mol. The zero-order valence-corrected chi connectivity index (χ0v) is 32.4. The van der Waals surface area contributed by atoms with E-state index in [2.05, 4.69) is 113 Å². The smallest absolute Gasteiger partial charge is 0.308 e. The summed E-state index contributed by atoms with van der Waals surface area (Å²) in [5.41, 5.74) is 3.44. The number of carbonyl (C=O) groups is 3. The molecule has 1 heterocycles. The average Bonchev–Trinajstić information content (AvgIpc) is 3.02. The van der Waals surface area contributed by atoms with Crippen molar-refractivity contribution in [2.24, 2.45) is 40.4 Å². The highest BCUT2D eigenvalue weighted by molar-refractivity contribution is 6.09. The summed E-state index contributed by atoms with van der Waals surface area (Å²) in [6.45, 7) is 28.7. The van der Waals surface area contributed by atoms with Crippen molar-refractivity contribution in [3.63, 3.8) is 0 Å². The van der Waals surface area contributed by atoms with Gasteiger partial charge in [0.05, 0.1) is 5.69 Å². The summed E-state index contributed by atoms with van der Waals surface area (Å²) in [4.78, 5) is 41.9. The SMILES string of the molecule is CCCC(C)C(c1ccc(OC(C)=O)cc1)C(C)(C)C1(C)CCC(C)c2cccc(C(C(C)C)C(C)C)c2N(C=O)C(=O)C1CC(C)C. The molecule has 0 aromatic heterocycles. The maximum absolute atomic E-state index is 15.3. The number of anilines is 1. The lowest BCUT2D eigenvalue weighted by atomic mass is 9.49. The Kier molecular flexibility index (Phi) is 13.3. The molecule has 1 aliphatic heterocycles. The molecule has 5 heteroatoms. The number of rotatable bonds is 13. The summed E-state index contributed by atoms with van der Waals surface area (Å²) in [6.07, 6.45) is 5.40. The summed E-state index contributed by atoms with van der Waals surface area (Å²) in [5.74, 6) is 1.58. The highest BCUT2D eigenvalue weighted by Crippen LogP contribution is 2.61. The molecule has 0 spiro atoms. The van der Waals surface area contributed by atoms with Crippen LogP contribution in [0.5, 0.6) is 5.75 Å². The number of hydrogen-bond acceptors (Lipinski definition) is 4. The number of imide groups is 1. The molecule has 0 saturated carbocycles. The second kappa shape index (κ2) is 16.2. The molecule has 0 saturated heterocycles. The zero-order chi connectivity index (χ0) is 36.1. The normalized spacial score (nSPS) is 21.9. The first-order chi connectivity index (χ1) is 22.4. The molecule has 5 unspecified atom stereocenters. The number of esters is 1. The van der Waals surface area contributed by atoms with Gasteiger partial charge in [0.15, 0.2) is 0 Å². The standard InChI is InChI=1S/C43H65NO4/c1-14-16-31(9)39(33-19-21-34(22-20-33)48-32(10)46)42(11,12)43(13)24-23-30(8)35-17-15-18-36(38(28(4)5)29(6)7)40(35)44(26-45)41(47)37(43)25-27(2)3/h15,17-22,26-31,37-39H,14,16,23-25H2,1-13H3. The maximum Gasteiger partial charge on any atom is 0.308 e. The first-order valence-electron chi connectivity index (χ1n) is 18.6. The number of amides is 2. The lowest BCUT2D eigenvalue weighted by Crippen LogP contribution is -2.52. The van der Waals surface area contributed by atoms with E-state index in [0.29, 0.717) is 29.9 Å². The van der Waals surface area contributed by atoms with Gasteiger partial charge in [0.25, 0.3) is 0 Å². The molecule has 0 bridgehead atoms. The lowest BCUT2D eigenvalue weighted by molar-refractivity contribution is -0.135. The number of para-hydroxylation sites is 1. The summed E-state index contributed by atoms with van der Waals surface area (Å²) < 4.78 is 5.40. The zero-order valence-electron chi connectivity index (χ0n) is 32.4. The predicted molar refractivity (Wildman–Crippen MR) is 199 cm³/mol. The van der Waals surface area contributed by atoms with Crippen molar-refractivity contribution in [1.82, 2.24) is 0 Å². The average molecular weight is 660 g/mol. The molecule has 5 nitrogen and oxygen atoms in total. The van der Waals surface area contributed by atoms with Crippen LogP contribution >= 0.6 is 0 Å². The van der Waals surface area contributed by atoms with E-state index in [1.807, 2.05) is 12.1 Å². The van der Waals surface area contributed by atoms with E-state index in [0.717, 1.165) is 48.9 Å². The molecule has 0 fully saturated rings. The Morgan fingerprint density at radius 2 is 1.62 bits per heavy atom. The van der Waals surface area contributed by atoms with E-state index >= 15 is 4.79 Å². The van der Waals surface area contributed by atoms with Crippen LogP contribution in [-0.4, -0.2) is 18.3 Å². The van der Waals surface area contributed by atoms with Crippen molar-refractivity contribution >= 4 is 24.0 Å². The van der Waals surface area contributed by atoms with Crippen LogP contribution in [-0.2, 0) is 14.4 Å². The van der Waals surface area contributed by atoms with E-state index in [1.165, 1.54) is 17.4 Å². The van der Waals surface area contributed by atoms with Crippen LogP contribution < -0.4 is 9.64 Å². The van der Waals surface area contributed by atoms with Gasteiger partial charge >= 0.3 is 5.97 Å². The van der Waals surface area contributed by atoms with E-state index in [1.54, 1.807) is 0 Å². The minimum absolute atomic E-state index is 0.0737. The number of fused-ring (bicyclic) bond motifs is 1. The Morgan fingerprint density at radius 3 is 2.12 bits per heavy atom. The Hall–Kier alpha value is -2.95. The van der Waals surface area contributed by atoms with Crippen LogP contribution in [0.25, 0.3) is 0 Å². The minimum Gasteiger partial charge on any atom is -0.427 e. The molecule has 2 aromatic carbocycles. The van der Waals surface area contributed by atoms with Gasteiger partial charge in [-0.1, -0.05) is 126 Å². The lowest BCUT2D eigenvalue weighted by Gasteiger charge is -2.55. The third kappa shape index (κ3) is 8.08. The fourth-order valence-electron chi connectivity index (χ4n) is 9.46. The molecule has 48 heavy (non-hydrogen) atoms. The maximum atomic E-state index is 15.3. The third-order valence-corrected chi connectivity index (χ3v) is 11.9. The second-order valence-electron chi connectivity index (χ2n) is 16.8. The molecule has 266 valence electrons. The van der Waals surface area contributed by atoms with Crippen molar-refractivity contribution < 1.29 is 19.1 Å². The molecule has 1 aliphatic rings. The third-order valence-electron chi connectivity index (χ3n) is 11.9. The Labute approximate surface area is 292 Å². The second-order valence-corrected chi connectivity index (χ2v) is 16.8. The molecule has 5 atom stereocenters. The van der Waals surface area contributed by atoms with Gasteiger partial charge in [-0.15, -0.1) is 0 Å². The number of hydrogen-bond donors (Lipinski definition) is 0. The molecule has 2 amide bonds. The number of carbonyl (C=O) groups excluding carboxylic acids is 3. The van der Waals surface area contributed by atoms with Crippen LogP contribution in [0.2, 0.25) is 0 Å². The quantitative estimate of drug-likeness (QED) is 0.122. The van der Waals surface area contributed by atoms with E-state index in [4.69, 9.17) is 4.74 Å². The van der Waals surface area contributed by atoms with Gasteiger partial charge in [0.2, 0.25) is 12.3 Å². The summed E-state index contributed by atoms with van der Waals surface area (Å²) >= 11 is 0. The van der Waals surface area contributed by atoms with Gasteiger partial charge in [-0.3, -0.25) is 19.3 Å². The summed E-state index contributed by atoms with van der Waals surface area (Å²) in [7, 11) is 0. The van der Waals surface area contributed by atoms with E-state index in [-0.39, 0.29) is 46.9 Å². The molecular formula is C43H65NO4. The van der Waals surface area contributed by atoms with Gasteiger partial charge in [0.1, 0.15) is 5.75 Å². The van der Waals surface area contributed by atoms with Gasteiger partial charge < -0.3 is 4.74 Å². The minimum atomic E-state index is -0.442. The number of ether oxygens (including phenoxy) is 1. The summed E-state index contributed by atoms with van der Waals surface area (Å²) in [6, 6.07) is 14.4. The van der Waals surface area contributed by atoms with Crippen LogP contribution in [0.1, 0.15) is 157 Å². The fourth-order valence-corrected chi connectivity index (χ4v) is 9.46. The molecule has 0 radical (unpaired) electrons. The van der Waals surface area contributed by atoms with Gasteiger partial charge in [-0.2, -0.15) is 0 Å².